The van der Waals surface area contributed by atoms with Crippen LogP contribution in [-0.4, -0.2) is 52.2 Å². The molecule has 1 fully saturated rings. The molecule has 1 saturated heterocycles. The number of nitrogens with two attached hydrogens (primary N) is 1. The molecule has 0 aromatic rings. The van der Waals surface area contributed by atoms with Crippen LogP contribution in [0.3, 0.4) is 0 Å². The van der Waals surface area contributed by atoms with Crippen LogP contribution in [0.25, 0.3) is 0 Å². The highest BCUT2D eigenvalue weighted by atomic mass is 16.5. The summed E-state index contributed by atoms with van der Waals surface area (Å²) in [4.78, 5) is 24.4. The Kier molecular flexibility index (Phi) is 4.34. The first kappa shape index (κ1) is 14.9. The van der Waals surface area contributed by atoms with Gasteiger partial charge in [0.05, 0.1) is 11.7 Å². The lowest BCUT2D eigenvalue weighted by molar-refractivity contribution is -0.160. The molecular weight excluding hydrogens is 236 g/mol. The molecule has 3 N–H and O–H groups in total. The molecule has 1 heterocycles. The van der Waals surface area contributed by atoms with E-state index >= 15 is 0 Å². The van der Waals surface area contributed by atoms with Crippen LogP contribution in [0, 0.1) is 0 Å². The van der Waals surface area contributed by atoms with Gasteiger partial charge in [0.2, 0.25) is 5.91 Å². The van der Waals surface area contributed by atoms with E-state index in [4.69, 9.17) is 10.5 Å². The Hall–Kier alpha value is -1.14. The zero-order chi connectivity index (χ0) is 14.1. The number of likely N-dealkylation sites (tertiary alicyclic amines) is 1. The van der Waals surface area contributed by atoms with Crippen LogP contribution in [0.5, 0.6) is 0 Å². The normalized spacial score (nSPS) is 24.2. The van der Waals surface area contributed by atoms with E-state index in [0.717, 1.165) is 0 Å². The average Bonchev–Trinajstić information content (AvgIpc) is 2.41. The van der Waals surface area contributed by atoms with E-state index in [1.54, 1.807) is 6.92 Å². The van der Waals surface area contributed by atoms with Crippen LogP contribution in [0.15, 0.2) is 0 Å². The van der Waals surface area contributed by atoms with E-state index < -0.39 is 23.7 Å². The summed E-state index contributed by atoms with van der Waals surface area (Å²) >= 11 is 0. The first-order valence-electron chi connectivity index (χ1n) is 6.07. The molecule has 0 saturated carbocycles. The molecule has 1 aliphatic heterocycles. The third-order valence-corrected chi connectivity index (χ3v) is 2.76. The number of hydrogen-bond donors (Lipinski definition) is 2. The molecule has 1 rings (SSSR count). The highest BCUT2D eigenvalue weighted by molar-refractivity contribution is 5.86. The van der Waals surface area contributed by atoms with Gasteiger partial charge in [-0.05, 0) is 27.7 Å². The monoisotopic (exact) mass is 258 g/mol. The summed E-state index contributed by atoms with van der Waals surface area (Å²) < 4.78 is 5.64. The van der Waals surface area contributed by atoms with E-state index in [9.17, 15) is 14.7 Å². The van der Waals surface area contributed by atoms with Crippen molar-refractivity contribution in [3.05, 3.63) is 0 Å². The van der Waals surface area contributed by atoms with Gasteiger partial charge in [-0.3, -0.25) is 4.79 Å². The Bertz CT molecular complexity index is 337. The first-order chi connectivity index (χ1) is 8.11. The zero-order valence-electron chi connectivity index (χ0n) is 11.3. The van der Waals surface area contributed by atoms with Crippen LogP contribution in [0.4, 0.5) is 0 Å². The summed E-state index contributed by atoms with van der Waals surface area (Å²) in [5.41, 5.74) is 5.22. The van der Waals surface area contributed by atoms with Gasteiger partial charge >= 0.3 is 5.97 Å². The second-order valence-corrected chi connectivity index (χ2v) is 5.73. The van der Waals surface area contributed by atoms with E-state index in [1.165, 1.54) is 4.90 Å². The molecule has 0 aromatic heterocycles. The molecule has 6 nitrogen and oxygen atoms in total. The quantitative estimate of drug-likeness (QED) is 0.751. The lowest BCUT2D eigenvalue weighted by atomic mass is 10.1. The summed E-state index contributed by atoms with van der Waals surface area (Å²) in [5.74, 6) is -1.28. The number of rotatable bonds is 4. The van der Waals surface area contributed by atoms with Crippen molar-refractivity contribution in [3.63, 3.8) is 0 Å². The topological polar surface area (TPSA) is 92.9 Å². The lowest BCUT2D eigenvalue weighted by Crippen LogP contribution is -2.51. The Labute approximate surface area is 107 Å². The molecule has 6 heteroatoms. The third-order valence-electron chi connectivity index (χ3n) is 2.76. The Balaban J connectivity index is 2.83. The van der Waals surface area contributed by atoms with Gasteiger partial charge in [0.25, 0.3) is 0 Å². The van der Waals surface area contributed by atoms with Gasteiger partial charge in [-0.15, -0.1) is 0 Å². The van der Waals surface area contributed by atoms with Gasteiger partial charge in [0, 0.05) is 19.0 Å². The lowest BCUT2D eigenvalue weighted by Gasteiger charge is -2.33. The molecule has 0 aromatic carbocycles. The predicted octanol–water partition coefficient (Wildman–Crippen LogP) is 0.203. The summed E-state index contributed by atoms with van der Waals surface area (Å²) in [5, 5.41) is 9.29. The number of nitrogens with zero attached hydrogens (tertiary/aromatic N) is 1. The fraction of sp³-hybridized carbons (Fsp3) is 0.833. The molecule has 0 aliphatic carbocycles. The minimum Gasteiger partial charge on any atom is -0.480 e. The standard InChI is InChI=1S/C12H22N2O4/c1-7(18-12(2,3)4)10(11(16)17)14-6-8(13)5-9(14)15/h7-8,10H,5-6,13H2,1-4H3,(H,16,17)/t7-,8?,10+/m0/s1. The fourth-order valence-electron chi connectivity index (χ4n) is 2.24. The van der Waals surface area contributed by atoms with Gasteiger partial charge in [0.1, 0.15) is 0 Å². The summed E-state index contributed by atoms with van der Waals surface area (Å²) in [6.07, 6.45) is -0.386. The molecule has 3 atom stereocenters. The minimum atomic E-state index is -1.06. The number of carboxylic acids is 1. The molecule has 104 valence electrons. The highest BCUT2D eigenvalue weighted by Gasteiger charge is 2.40. The third kappa shape index (κ3) is 3.68. The largest absolute Gasteiger partial charge is 0.480 e. The maximum atomic E-state index is 11.7. The summed E-state index contributed by atoms with van der Waals surface area (Å²) in [6.45, 7) is 7.48. The van der Waals surface area contributed by atoms with Gasteiger partial charge in [-0.2, -0.15) is 0 Å². The number of ether oxygens (including phenoxy) is 1. The van der Waals surface area contributed by atoms with Crippen molar-refractivity contribution in [1.82, 2.24) is 4.90 Å². The van der Waals surface area contributed by atoms with Crippen molar-refractivity contribution in [3.8, 4) is 0 Å². The number of hydrogen-bond acceptors (Lipinski definition) is 4. The van der Waals surface area contributed by atoms with Crippen LogP contribution >= 0.6 is 0 Å². The van der Waals surface area contributed by atoms with Crippen molar-refractivity contribution >= 4 is 11.9 Å². The smallest absolute Gasteiger partial charge is 0.329 e. The molecule has 1 unspecified atom stereocenters. The number of amides is 1. The van der Waals surface area contributed by atoms with E-state index in [1.807, 2.05) is 20.8 Å². The SMILES string of the molecule is C[C@H](OC(C)(C)C)[C@H](C(=O)O)N1CC(N)CC1=O. The second-order valence-electron chi connectivity index (χ2n) is 5.73. The van der Waals surface area contributed by atoms with Gasteiger partial charge in [-0.25, -0.2) is 4.79 Å². The molecule has 0 spiro atoms. The maximum absolute atomic E-state index is 11.7. The van der Waals surface area contributed by atoms with Crippen molar-refractivity contribution in [1.29, 1.82) is 0 Å². The van der Waals surface area contributed by atoms with Crippen molar-refractivity contribution in [2.45, 2.75) is 57.9 Å². The van der Waals surface area contributed by atoms with Gasteiger partial charge < -0.3 is 20.5 Å². The van der Waals surface area contributed by atoms with Crippen LogP contribution in [0.1, 0.15) is 34.1 Å². The van der Waals surface area contributed by atoms with E-state index in [2.05, 4.69) is 0 Å². The molecule has 0 bridgehead atoms. The number of carbonyl (C=O) groups is 2. The molecular formula is C12H22N2O4. The van der Waals surface area contributed by atoms with Crippen molar-refractivity contribution < 1.29 is 19.4 Å². The number of carbonyl (C=O) groups excluding carboxylic acids is 1. The van der Waals surface area contributed by atoms with Gasteiger partial charge in [-0.1, -0.05) is 0 Å². The zero-order valence-corrected chi connectivity index (χ0v) is 11.3. The van der Waals surface area contributed by atoms with Crippen LogP contribution in [-0.2, 0) is 14.3 Å². The minimum absolute atomic E-state index is 0.200. The van der Waals surface area contributed by atoms with E-state index in [-0.39, 0.29) is 24.9 Å². The summed E-state index contributed by atoms with van der Waals surface area (Å²) in [6, 6.07) is -1.27. The number of aliphatic carboxylic acids is 1. The fourth-order valence-corrected chi connectivity index (χ4v) is 2.24. The van der Waals surface area contributed by atoms with E-state index in [0.29, 0.717) is 0 Å². The Morgan fingerprint density at radius 2 is 2.11 bits per heavy atom. The predicted molar refractivity (Wildman–Crippen MR) is 66.0 cm³/mol. The molecule has 1 amide bonds. The van der Waals surface area contributed by atoms with Crippen LogP contribution < -0.4 is 5.73 Å². The maximum Gasteiger partial charge on any atom is 0.329 e. The second kappa shape index (κ2) is 5.24. The summed E-state index contributed by atoms with van der Waals surface area (Å²) in [7, 11) is 0. The Morgan fingerprint density at radius 3 is 2.44 bits per heavy atom. The van der Waals surface area contributed by atoms with Gasteiger partial charge in [0.15, 0.2) is 6.04 Å². The molecule has 1 aliphatic rings. The highest BCUT2D eigenvalue weighted by Crippen LogP contribution is 2.21. The van der Waals surface area contributed by atoms with Crippen LogP contribution in [0.2, 0.25) is 0 Å². The molecule has 0 radical (unpaired) electrons. The van der Waals surface area contributed by atoms with Crippen molar-refractivity contribution in [2.24, 2.45) is 5.73 Å². The first-order valence-corrected chi connectivity index (χ1v) is 6.07. The average molecular weight is 258 g/mol. The molecule has 18 heavy (non-hydrogen) atoms. The Morgan fingerprint density at radius 1 is 1.56 bits per heavy atom. The number of carboxylic acid groups (broad SMARTS) is 1. The van der Waals surface area contributed by atoms with Crippen molar-refractivity contribution in [2.75, 3.05) is 6.54 Å².